The Labute approximate surface area is 156 Å². The zero-order valence-electron chi connectivity index (χ0n) is 15.1. The first-order chi connectivity index (χ1) is 13.0. The van der Waals surface area contributed by atoms with Crippen molar-refractivity contribution < 1.29 is 24.2 Å². The Morgan fingerprint density at radius 3 is 2.56 bits per heavy atom. The summed E-state index contributed by atoms with van der Waals surface area (Å²) in [5, 5.41) is 15.7. The smallest absolute Gasteiger partial charge is 0.329 e. The number of nitrogens with one attached hydrogen (secondary N) is 2. The van der Waals surface area contributed by atoms with E-state index < -0.39 is 11.8 Å². The molecule has 0 radical (unpaired) electrons. The predicted molar refractivity (Wildman–Crippen MR) is 101 cm³/mol. The van der Waals surface area contributed by atoms with Gasteiger partial charge >= 0.3 is 11.8 Å². The van der Waals surface area contributed by atoms with Crippen molar-refractivity contribution in [2.45, 2.75) is 13.3 Å². The molecule has 0 heterocycles. The number of benzene rings is 2. The summed E-state index contributed by atoms with van der Waals surface area (Å²) in [5.74, 6) is -0.812. The summed E-state index contributed by atoms with van der Waals surface area (Å²) in [5.41, 5.74) is 3.17. The first-order valence-electron chi connectivity index (χ1n) is 8.27. The van der Waals surface area contributed by atoms with Gasteiger partial charge in [0.25, 0.3) is 0 Å². The number of hydrazone groups is 1. The Kier molecular flexibility index (Phi) is 7.18. The van der Waals surface area contributed by atoms with Crippen molar-refractivity contribution in [3.8, 4) is 17.2 Å². The van der Waals surface area contributed by atoms with Crippen LogP contribution in [0.2, 0.25) is 0 Å². The lowest BCUT2D eigenvalue weighted by atomic mass is 10.2. The largest absolute Gasteiger partial charge is 0.504 e. The summed E-state index contributed by atoms with van der Waals surface area (Å²) in [6, 6.07) is 11.2. The first kappa shape index (κ1) is 19.8. The van der Waals surface area contributed by atoms with E-state index in [1.54, 1.807) is 30.3 Å². The molecule has 8 nitrogen and oxygen atoms in total. The van der Waals surface area contributed by atoms with Crippen LogP contribution in [0.1, 0.15) is 18.9 Å². The highest BCUT2D eigenvalue weighted by atomic mass is 16.5. The lowest BCUT2D eigenvalue weighted by Crippen LogP contribution is -2.32. The molecule has 0 unspecified atom stereocenters. The zero-order chi connectivity index (χ0) is 19.6. The number of aromatic hydroxyl groups is 1. The SMILES string of the molecule is CCCOc1ccc(NC(=O)C(=O)N/N=C\c2ccc(O)c(OC)c2)cc1. The van der Waals surface area contributed by atoms with Crippen LogP contribution in [-0.4, -0.2) is 36.9 Å². The molecule has 0 saturated heterocycles. The van der Waals surface area contributed by atoms with Crippen LogP contribution in [0, 0.1) is 0 Å². The highest BCUT2D eigenvalue weighted by Crippen LogP contribution is 2.25. The standard InChI is InChI=1S/C19H21N3O5/c1-3-10-27-15-7-5-14(6-8-15)21-18(24)19(25)22-20-12-13-4-9-16(23)17(11-13)26-2/h4-9,11-12,23H,3,10H2,1-2H3,(H,21,24)(H,22,25)/b20-12-. The highest BCUT2D eigenvalue weighted by molar-refractivity contribution is 6.39. The van der Waals surface area contributed by atoms with E-state index in [9.17, 15) is 14.7 Å². The van der Waals surface area contributed by atoms with Crippen molar-refractivity contribution in [3.63, 3.8) is 0 Å². The van der Waals surface area contributed by atoms with Crippen molar-refractivity contribution in [2.75, 3.05) is 19.0 Å². The molecular formula is C19H21N3O5. The van der Waals surface area contributed by atoms with Gasteiger partial charge in [-0.05, 0) is 54.4 Å². The topological polar surface area (TPSA) is 109 Å². The van der Waals surface area contributed by atoms with Gasteiger partial charge < -0.3 is 19.9 Å². The minimum atomic E-state index is -0.914. The Hall–Kier alpha value is -3.55. The Morgan fingerprint density at radius 1 is 1.15 bits per heavy atom. The molecule has 2 rings (SSSR count). The average molecular weight is 371 g/mol. The van der Waals surface area contributed by atoms with Crippen LogP contribution in [-0.2, 0) is 9.59 Å². The molecule has 2 amide bonds. The third-order valence-electron chi connectivity index (χ3n) is 3.37. The fourth-order valence-corrected chi connectivity index (χ4v) is 2.03. The van der Waals surface area contributed by atoms with E-state index in [2.05, 4.69) is 15.8 Å². The maximum atomic E-state index is 11.9. The van der Waals surface area contributed by atoms with Gasteiger partial charge in [0, 0.05) is 5.69 Å². The Morgan fingerprint density at radius 2 is 1.89 bits per heavy atom. The maximum absolute atomic E-state index is 11.9. The summed E-state index contributed by atoms with van der Waals surface area (Å²) in [7, 11) is 1.42. The summed E-state index contributed by atoms with van der Waals surface area (Å²) in [6.07, 6.45) is 2.23. The van der Waals surface area contributed by atoms with Crippen molar-refractivity contribution in [1.82, 2.24) is 5.43 Å². The van der Waals surface area contributed by atoms with Crippen LogP contribution in [0.3, 0.4) is 0 Å². The number of hydrogen-bond donors (Lipinski definition) is 3. The molecule has 0 aromatic heterocycles. The highest BCUT2D eigenvalue weighted by Gasteiger charge is 2.12. The van der Waals surface area contributed by atoms with Crippen LogP contribution >= 0.6 is 0 Å². The monoisotopic (exact) mass is 371 g/mol. The van der Waals surface area contributed by atoms with Gasteiger partial charge in [0.1, 0.15) is 5.75 Å². The summed E-state index contributed by atoms with van der Waals surface area (Å²) in [4.78, 5) is 23.7. The van der Waals surface area contributed by atoms with Crippen LogP contribution in [0.5, 0.6) is 17.2 Å². The van der Waals surface area contributed by atoms with Crippen LogP contribution in [0.4, 0.5) is 5.69 Å². The van der Waals surface area contributed by atoms with Gasteiger partial charge in [-0.1, -0.05) is 6.92 Å². The fourth-order valence-electron chi connectivity index (χ4n) is 2.03. The summed E-state index contributed by atoms with van der Waals surface area (Å²) < 4.78 is 10.4. The van der Waals surface area contributed by atoms with Crippen molar-refractivity contribution in [1.29, 1.82) is 0 Å². The number of anilines is 1. The van der Waals surface area contributed by atoms with E-state index >= 15 is 0 Å². The predicted octanol–water partition coefficient (Wildman–Crippen LogP) is 2.28. The third kappa shape index (κ3) is 6.03. The van der Waals surface area contributed by atoms with Gasteiger partial charge in [-0.2, -0.15) is 5.10 Å². The average Bonchev–Trinajstić information content (AvgIpc) is 2.68. The molecule has 0 aliphatic heterocycles. The van der Waals surface area contributed by atoms with E-state index in [-0.39, 0.29) is 11.5 Å². The fraction of sp³-hybridized carbons (Fsp3) is 0.211. The van der Waals surface area contributed by atoms with E-state index in [4.69, 9.17) is 9.47 Å². The molecular weight excluding hydrogens is 350 g/mol. The normalized spacial score (nSPS) is 10.4. The van der Waals surface area contributed by atoms with Gasteiger partial charge in [0.15, 0.2) is 11.5 Å². The molecule has 2 aromatic rings. The van der Waals surface area contributed by atoms with Crippen LogP contribution in [0.15, 0.2) is 47.6 Å². The number of methoxy groups -OCH3 is 1. The third-order valence-corrected chi connectivity index (χ3v) is 3.37. The van der Waals surface area contributed by atoms with Crippen molar-refractivity contribution in [2.24, 2.45) is 5.10 Å². The number of rotatable bonds is 7. The minimum absolute atomic E-state index is 0.0100. The quantitative estimate of drug-likeness (QED) is 0.393. The molecule has 8 heteroatoms. The molecule has 0 fully saturated rings. The summed E-state index contributed by atoms with van der Waals surface area (Å²) >= 11 is 0. The molecule has 0 aliphatic rings. The second kappa shape index (κ2) is 9.81. The molecule has 3 N–H and O–H groups in total. The number of phenols is 1. The van der Waals surface area contributed by atoms with Gasteiger partial charge in [0.2, 0.25) is 0 Å². The molecule has 0 bridgehead atoms. The number of hydrogen-bond acceptors (Lipinski definition) is 6. The molecule has 142 valence electrons. The number of ether oxygens (including phenoxy) is 2. The molecule has 0 spiro atoms. The minimum Gasteiger partial charge on any atom is -0.504 e. The zero-order valence-corrected chi connectivity index (χ0v) is 15.1. The van der Waals surface area contributed by atoms with Gasteiger partial charge in [-0.3, -0.25) is 9.59 Å². The maximum Gasteiger partial charge on any atom is 0.329 e. The number of nitrogens with zero attached hydrogens (tertiary/aromatic N) is 1. The van der Waals surface area contributed by atoms with Crippen molar-refractivity contribution in [3.05, 3.63) is 48.0 Å². The lowest BCUT2D eigenvalue weighted by Gasteiger charge is -2.07. The Bertz CT molecular complexity index is 819. The second-order valence-electron chi connectivity index (χ2n) is 5.46. The van der Waals surface area contributed by atoms with Gasteiger partial charge in [-0.25, -0.2) is 5.43 Å². The van der Waals surface area contributed by atoms with Gasteiger partial charge in [-0.15, -0.1) is 0 Å². The molecule has 0 saturated carbocycles. The van der Waals surface area contributed by atoms with E-state index in [0.29, 0.717) is 23.6 Å². The van der Waals surface area contributed by atoms with E-state index in [1.807, 2.05) is 6.92 Å². The molecule has 27 heavy (non-hydrogen) atoms. The second-order valence-corrected chi connectivity index (χ2v) is 5.46. The number of carbonyl (C=O) groups is 2. The van der Waals surface area contributed by atoms with E-state index in [0.717, 1.165) is 6.42 Å². The van der Waals surface area contributed by atoms with Gasteiger partial charge in [0.05, 0.1) is 19.9 Å². The molecule has 0 atom stereocenters. The van der Waals surface area contributed by atoms with Crippen LogP contribution in [0.25, 0.3) is 0 Å². The van der Waals surface area contributed by atoms with E-state index in [1.165, 1.54) is 25.5 Å². The number of carbonyl (C=O) groups excluding carboxylic acids is 2. The van der Waals surface area contributed by atoms with Crippen LogP contribution < -0.4 is 20.2 Å². The first-order valence-corrected chi connectivity index (χ1v) is 8.27. The lowest BCUT2D eigenvalue weighted by molar-refractivity contribution is -0.136. The summed E-state index contributed by atoms with van der Waals surface area (Å²) in [6.45, 7) is 2.62. The molecule has 0 aliphatic carbocycles. The number of amides is 2. The molecule has 2 aromatic carbocycles. The van der Waals surface area contributed by atoms with Crippen molar-refractivity contribution >= 4 is 23.7 Å². The Balaban J connectivity index is 1.87. The number of phenolic OH excluding ortho intramolecular Hbond substituents is 1.